The Morgan fingerprint density at radius 1 is 1.39 bits per heavy atom. The fourth-order valence-electron chi connectivity index (χ4n) is 2.43. The minimum absolute atomic E-state index is 0.272. The predicted octanol–water partition coefficient (Wildman–Crippen LogP) is 2.83. The van der Waals surface area contributed by atoms with E-state index < -0.39 is 11.9 Å². The van der Waals surface area contributed by atoms with Crippen LogP contribution in [0.1, 0.15) is 37.4 Å². The Labute approximate surface area is 107 Å². The lowest BCUT2D eigenvalue weighted by atomic mass is 9.75. The normalized spacial score (nSPS) is 19.1. The van der Waals surface area contributed by atoms with Crippen molar-refractivity contribution in [3.05, 3.63) is 29.6 Å². The first-order valence-electron chi connectivity index (χ1n) is 6.17. The Bertz CT molecular complexity index is 410. The average molecular weight is 254 g/mol. The van der Waals surface area contributed by atoms with Gasteiger partial charge in [0.2, 0.25) is 0 Å². The van der Waals surface area contributed by atoms with Crippen LogP contribution in [0.2, 0.25) is 0 Å². The highest BCUT2D eigenvalue weighted by Gasteiger charge is 2.39. The standard InChI is InChI=1S/C14H19FO3/c1-17-10-4-5-11(12(15)8-10)13(16)9-14(18-2)6-3-7-14/h4-5,8,13,16H,3,6-7,9H2,1-2H3. The number of hydrogen-bond donors (Lipinski definition) is 1. The molecule has 0 radical (unpaired) electrons. The summed E-state index contributed by atoms with van der Waals surface area (Å²) in [5, 5.41) is 10.1. The Balaban J connectivity index is 2.11. The molecule has 18 heavy (non-hydrogen) atoms. The summed E-state index contributed by atoms with van der Waals surface area (Å²) in [6, 6.07) is 4.52. The van der Waals surface area contributed by atoms with E-state index in [4.69, 9.17) is 9.47 Å². The summed E-state index contributed by atoms with van der Waals surface area (Å²) in [6.45, 7) is 0. The van der Waals surface area contributed by atoms with Crippen molar-refractivity contribution in [2.24, 2.45) is 0 Å². The van der Waals surface area contributed by atoms with Gasteiger partial charge >= 0.3 is 0 Å². The summed E-state index contributed by atoms with van der Waals surface area (Å²) >= 11 is 0. The lowest BCUT2D eigenvalue weighted by Crippen LogP contribution is -2.40. The van der Waals surface area contributed by atoms with E-state index in [0.717, 1.165) is 19.3 Å². The first-order valence-corrected chi connectivity index (χ1v) is 6.17. The number of benzene rings is 1. The van der Waals surface area contributed by atoms with Crippen molar-refractivity contribution in [1.82, 2.24) is 0 Å². The molecule has 0 aliphatic heterocycles. The van der Waals surface area contributed by atoms with Crippen LogP contribution in [0.5, 0.6) is 5.75 Å². The lowest BCUT2D eigenvalue weighted by Gasteiger charge is -2.41. The zero-order valence-electron chi connectivity index (χ0n) is 10.8. The van der Waals surface area contributed by atoms with Crippen molar-refractivity contribution in [2.75, 3.05) is 14.2 Å². The second-order valence-electron chi connectivity index (χ2n) is 4.85. The zero-order chi connectivity index (χ0) is 13.2. The Hall–Kier alpha value is -1.13. The first-order chi connectivity index (χ1) is 8.60. The molecular weight excluding hydrogens is 235 g/mol. The molecule has 100 valence electrons. The molecule has 1 unspecified atom stereocenters. The van der Waals surface area contributed by atoms with E-state index in [1.54, 1.807) is 19.2 Å². The van der Waals surface area contributed by atoms with Crippen LogP contribution in [-0.2, 0) is 4.74 Å². The number of methoxy groups -OCH3 is 2. The van der Waals surface area contributed by atoms with Gasteiger partial charge in [0.05, 0.1) is 18.8 Å². The fraction of sp³-hybridized carbons (Fsp3) is 0.571. The van der Waals surface area contributed by atoms with E-state index in [0.29, 0.717) is 17.7 Å². The summed E-state index contributed by atoms with van der Waals surface area (Å²) in [6.07, 6.45) is 2.56. The molecule has 4 heteroatoms. The smallest absolute Gasteiger partial charge is 0.132 e. The summed E-state index contributed by atoms with van der Waals surface area (Å²) in [4.78, 5) is 0. The quantitative estimate of drug-likeness (QED) is 0.878. The number of hydrogen-bond acceptors (Lipinski definition) is 3. The van der Waals surface area contributed by atoms with Crippen LogP contribution in [0, 0.1) is 5.82 Å². The zero-order valence-corrected chi connectivity index (χ0v) is 10.8. The SMILES string of the molecule is COc1ccc(C(O)CC2(OC)CCC2)c(F)c1. The van der Waals surface area contributed by atoms with Crippen molar-refractivity contribution in [2.45, 2.75) is 37.4 Å². The molecule has 0 bridgehead atoms. The van der Waals surface area contributed by atoms with E-state index in [1.165, 1.54) is 13.2 Å². The van der Waals surface area contributed by atoms with Gasteiger partial charge in [-0.3, -0.25) is 0 Å². The largest absolute Gasteiger partial charge is 0.497 e. The van der Waals surface area contributed by atoms with E-state index in [9.17, 15) is 9.50 Å². The van der Waals surface area contributed by atoms with Crippen LogP contribution in [0.15, 0.2) is 18.2 Å². The van der Waals surface area contributed by atoms with Crippen molar-refractivity contribution >= 4 is 0 Å². The van der Waals surface area contributed by atoms with Gasteiger partial charge in [0, 0.05) is 25.2 Å². The molecule has 3 nitrogen and oxygen atoms in total. The fourth-order valence-corrected chi connectivity index (χ4v) is 2.43. The number of halogens is 1. The molecular formula is C14H19FO3. The van der Waals surface area contributed by atoms with E-state index in [1.807, 2.05) is 0 Å². The second kappa shape index (κ2) is 5.24. The van der Waals surface area contributed by atoms with Gasteiger partial charge in [0.1, 0.15) is 11.6 Å². The maximum absolute atomic E-state index is 13.8. The van der Waals surface area contributed by atoms with Crippen LogP contribution in [-0.4, -0.2) is 24.9 Å². The van der Waals surface area contributed by atoms with Crippen molar-refractivity contribution in [3.8, 4) is 5.75 Å². The van der Waals surface area contributed by atoms with Crippen molar-refractivity contribution in [1.29, 1.82) is 0 Å². The minimum atomic E-state index is -0.837. The molecule has 1 fully saturated rings. The molecule has 1 aromatic carbocycles. The van der Waals surface area contributed by atoms with Crippen LogP contribution >= 0.6 is 0 Å². The third-order valence-electron chi connectivity index (χ3n) is 3.83. The molecule has 1 aliphatic rings. The Morgan fingerprint density at radius 2 is 2.11 bits per heavy atom. The van der Waals surface area contributed by atoms with Gasteiger partial charge in [0.25, 0.3) is 0 Å². The maximum atomic E-state index is 13.8. The number of aliphatic hydroxyl groups excluding tert-OH is 1. The molecule has 0 saturated heterocycles. The topological polar surface area (TPSA) is 38.7 Å². The van der Waals surface area contributed by atoms with Gasteiger partial charge in [0.15, 0.2) is 0 Å². The van der Waals surface area contributed by atoms with Crippen LogP contribution < -0.4 is 4.74 Å². The third-order valence-corrected chi connectivity index (χ3v) is 3.83. The molecule has 0 spiro atoms. The van der Waals surface area contributed by atoms with Crippen LogP contribution in [0.25, 0.3) is 0 Å². The third kappa shape index (κ3) is 2.49. The predicted molar refractivity (Wildman–Crippen MR) is 66.1 cm³/mol. The summed E-state index contributed by atoms with van der Waals surface area (Å²) in [7, 11) is 3.13. The van der Waals surface area contributed by atoms with Gasteiger partial charge in [-0.2, -0.15) is 0 Å². The maximum Gasteiger partial charge on any atom is 0.132 e. The van der Waals surface area contributed by atoms with Crippen LogP contribution in [0.4, 0.5) is 4.39 Å². The van der Waals surface area contributed by atoms with Crippen LogP contribution in [0.3, 0.4) is 0 Å². The Kier molecular flexibility index (Phi) is 3.88. The van der Waals surface area contributed by atoms with E-state index >= 15 is 0 Å². The minimum Gasteiger partial charge on any atom is -0.497 e. The van der Waals surface area contributed by atoms with Gasteiger partial charge < -0.3 is 14.6 Å². The molecule has 1 N–H and O–H groups in total. The second-order valence-corrected chi connectivity index (χ2v) is 4.85. The molecule has 0 amide bonds. The summed E-state index contributed by atoms with van der Waals surface area (Å²) < 4.78 is 24.2. The molecule has 2 rings (SSSR count). The van der Waals surface area contributed by atoms with Crippen molar-refractivity contribution < 1.29 is 19.0 Å². The number of rotatable bonds is 5. The lowest BCUT2D eigenvalue weighted by molar-refractivity contribution is -0.100. The van der Waals surface area contributed by atoms with E-state index in [2.05, 4.69) is 0 Å². The number of aliphatic hydroxyl groups is 1. The molecule has 0 heterocycles. The molecule has 1 aliphatic carbocycles. The van der Waals surface area contributed by atoms with Gasteiger partial charge in [-0.1, -0.05) is 0 Å². The molecule has 1 saturated carbocycles. The van der Waals surface area contributed by atoms with Gasteiger partial charge in [-0.25, -0.2) is 4.39 Å². The summed E-state index contributed by atoms with van der Waals surface area (Å²) in [5.74, 6) is 0.0148. The highest BCUT2D eigenvalue weighted by Crippen LogP contribution is 2.42. The molecule has 1 aromatic rings. The average Bonchev–Trinajstić information content (AvgIpc) is 2.33. The molecule has 1 atom stereocenters. The molecule has 0 aromatic heterocycles. The highest BCUT2D eigenvalue weighted by atomic mass is 19.1. The van der Waals surface area contributed by atoms with Gasteiger partial charge in [-0.15, -0.1) is 0 Å². The van der Waals surface area contributed by atoms with Gasteiger partial charge in [-0.05, 0) is 31.4 Å². The van der Waals surface area contributed by atoms with Crippen molar-refractivity contribution in [3.63, 3.8) is 0 Å². The Morgan fingerprint density at radius 3 is 2.56 bits per heavy atom. The monoisotopic (exact) mass is 254 g/mol. The highest BCUT2D eigenvalue weighted by molar-refractivity contribution is 5.30. The van der Waals surface area contributed by atoms with E-state index in [-0.39, 0.29) is 5.60 Å². The first kappa shape index (κ1) is 13.3. The number of ether oxygens (including phenoxy) is 2. The summed E-state index contributed by atoms with van der Waals surface area (Å²) in [5.41, 5.74) is 0.0327.